The van der Waals surface area contributed by atoms with Crippen molar-refractivity contribution < 1.29 is 14.3 Å². The van der Waals surface area contributed by atoms with Gasteiger partial charge in [-0.15, -0.1) is 0 Å². The van der Waals surface area contributed by atoms with Crippen LogP contribution >= 0.6 is 0 Å². The second kappa shape index (κ2) is 5.18. The highest BCUT2D eigenvalue weighted by atomic mass is 16.6. The third kappa shape index (κ3) is 2.23. The topological polar surface area (TPSA) is 56.6 Å². The van der Waals surface area contributed by atoms with Crippen LogP contribution in [0.1, 0.15) is 18.7 Å². The van der Waals surface area contributed by atoms with Crippen molar-refractivity contribution in [3.05, 3.63) is 18.2 Å². The lowest BCUT2D eigenvalue weighted by Crippen LogP contribution is -2.42. The zero-order chi connectivity index (χ0) is 14.2. The molecule has 3 heterocycles. The highest BCUT2D eigenvalue weighted by Crippen LogP contribution is 2.36. The summed E-state index contributed by atoms with van der Waals surface area (Å²) in [5, 5.41) is 0. The van der Waals surface area contributed by atoms with Gasteiger partial charge >= 0.3 is 0 Å². The summed E-state index contributed by atoms with van der Waals surface area (Å²) in [6, 6.07) is 0. The van der Waals surface area contributed by atoms with Crippen molar-refractivity contribution in [1.29, 1.82) is 0 Å². The lowest BCUT2D eigenvalue weighted by Gasteiger charge is -2.27. The average Bonchev–Trinajstić information content (AvgIpc) is 3.14. The lowest BCUT2D eigenvalue weighted by atomic mass is 9.97. The van der Waals surface area contributed by atoms with Crippen molar-refractivity contribution in [2.45, 2.75) is 38.0 Å². The van der Waals surface area contributed by atoms with Gasteiger partial charge < -0.3 is 18.9 Å². The van der Waals surface area contributed by atoms with Crippen LogP contribution in [-0.2, 0) is 20.8 Å². The van der Waals surface area contributed by atoms with Crippen molar-refractivity contribution >= 4 is 5.91 Å². The van der Waals surface area contributed by atoms with E-state index >= 15 is 0 Å². The van der Waals surface area contributed by atoms with E-state index in [1.54, 1.807) is 13.3 Å². The van der Waals surface area contributed by atoms with Gasteiger partial charge in [0.2, 0.25) is 5.91 Å². The van der Waals surface area contributed by atoms with Crippen LogP contribution in [0.4, 0.5) is 0 Å². The van der Waals surface area contributed by atoms with Gasteiger partial charge in [-0.05, 0) is 19.8 Å². The van der Waals surface area contributed by atoms with E-state index < -0.39 is 0 Å². The van der Waals surface area contributed by atoms with Crippen molar-refractivity contribution in [2.24, 2.45) is 0 Å². The zero-order valence-corrected chi connectivity index (χ0v) is 12.0. The molecule has 0 N–H and O–H groups in total. The van der Waals surface area contributed by atoms with Gasteiger partial charge in [-0.1, -0.05) is 0 Å². The van der Waals surface area contributed by atoms with E-state index in [0.29, 0.717) is 19.6 Å². The summed E-state index contributed by atoms with van der Waals surface area (Å²) in [6.45, 7) is 4.25. The first-order valence-electron chi connectivity index (χ1n) is 7.07. The maximum atomic E-state index is 12.4. The molecule has 1 aromatic heterocycles. The molecule has 0 bridgehead atoms. The molecule has 1 amide bonds. The standard InChI is InChI=1S/C14H21N3O3/c1-11-15-5-6-16(11)9-13(18)17-8-12(19-2)14(10-17)4-3-7-20-14/h5-6,12H,3-4,7-10H2,1-2H3/t12-,14-/m0/s1. The van der Waals surface area contributed by atoms with E-state index in [-0.39, 0.29) is 17.6 Å². The largest absolute Gasteiger partial charge is 0.377 e. The predicted molar refractivity (Wildman–Crippen MR) is 72.3 cm³/mol. The minimum atomic E-state index is -0.283. The van der Waals surface area contributed by atoms with E-state index in [9.17, 15) is 4.79 Å². The molecule has 2 saturated heterocycles. The fourth-order valence-corrected chi connectivity index (χ4v) is 3.25. The first-order chi connectivity index (χ1) is 9.64. The van der Waals surface area contributed by atoms with Crippen LogP contribution < -0.4 is 0 Å². The molecule has 2 aliphatic rings. The molecule has 0 radical (unpaired) electrons. The monoisotopic (exact) mass is 279 g/mol. The fourth-order valence-electron chi connectivity index (χ4n) is 3.25. The second-order valence-corrected chi connectivity index (χ2v) is 5.62. The smallest absolute Gasteiger partial charge is 0.242 e. The molecule has 20 heavy (non-hydrogen) atoms. The average molecular weight is 279 g/mol. The molecular formula is C14H21N3O3. The van der Waals surface area contributed by atoms with Crippen molar-refractivity contribution in [2.75, 3.05) is 26.8 Å². The number of carbonyl (C=O) groups is 1. The van der Waals surface area contributed by atoms with E-state index in [1.165, 1.54) is 0 Å². The molecule has 2 aliphatic heterocycles. The molecule has 0 saturated carbocycles. The van der Waals surface area contributed by atoms with Gasteiger partial charge in [0, 0.05) is 32.7 Å². The molecule has 2 atom stereocenters. The summed E-state index contributed by atoms with van der Waals surface area (Å²) < 4.78 is 13.3. The minimum absolute atomic E-state index is 0.0159. The number of hydrogen-bond acceptors (Lipinski definition) is 4. The number of aryl methyl sites for hydroxylation is 1. The number of imidazole rings is 1. The molecule has 110 valence electrons. The Morgan fingerprint density at radius 3 is 3.10 bits per heavy atom. The molecule has 1 spiro atoms. The van der Waals surface area contributed by atoms with Gasteiger partial charge in [0.25, 0.3) is 0 Å². The molecule has 0 unspecified atom stereocenters. The maximum Gasteiger partial charge on any atom is 0.242 e. The van der Waals surface area contributed by atoms with Crippen LogP contribution in [0.25, 0.3) is 0 Å². The molecule has 1 aromatic rings. The first-order valence-corrected chi connectivity index (χ1v) is 7.07. The summed E-state index contributed by atoms with van der Waals surface area (Å²) in [5.41, 5.74) is -0.283. The van der Waals surface area contributed by atoms with Crippen LogP contribution in [0.3, 0.4) is 0 Å². The van der Waals surface area contributed by atoms with Gasteiger partial charge in [0.05, 0.1) is 6.54 Å². The van der Waals surface area contributed by atoms with E-state index in [4.69, 9.17) is 9.47 Å². The lowest BCUT2D eigenvalue weighted by molar-refractivity contribution is -0.131. The van der Waals surface area contributed by atoms with Gasteiger partial charge in [0.1, 0.15) is 24.1 Å². The quantitative estimate of drug-likeness (QED) is 0.813. The van der Waals surface area contributed by atoms with Crippen molar-refractivity contribution in [3.8, 4) is 0 Å². The summed E-state index contributed by atoms with van der Waals surface area (Å²) in [5.74, 6) is 0.952. The van der Waals surface area contributed by atoms with Crippen molar-refractivity contribution in [1.82, 2.24) is 14.5 Å². The Hall–Kier alpha value is -1.40. The number of ether oxygens (including phenoxy) is 2. The summed E-state index contributed by atoms with van der Waals surface area (Å²) in [4.78, 5) is 18.4. The Morgan fingerprint density at radius 2 is 2.50 bits per heavy atom. The van der Waals surface area contributed by atoms with E-state index in [1.807, 2.05) is 22.6 Å². The summed E-state index contributed by atoms with van der Waals surface area (Å²) in [7, 11) is 1.70. The number of likely N-dealkylation sites (tertiary alicyclic amines) is 1. The normalized spacial score (nSPS) is 29.5. The molecule has 0 aromatic carbocycles. The van der Waals surface area contributed by atoms with Gasteiger partial charge in [-0.2, -0.15) is 0 Å². The van der Waals surface area contributed by atoms with Crippen LogP contribution in [0.15, 0.2) is 12.4 Å². The number of carbonyl (C=O) groups excluding carboxylic acids is 1. The van der Waals surface area contributed by atoms with Crippen LogP contribution in [-0.4, -0.2) is 58.9 Å². The molecule has 3 rings (SSSR count). The molecule has 2 fully saturated rings. The van der Waals surface area contributed by atoms with Crippen molar-refractivity contribution in [3.63, 3.8) is 0 Å². The number of hydrogen-bond donors (Lipinski definition) is 0. The number of amides is 1. The number of nitrogens with zero attached hydrogens (tertiary/aromatic N) is 3. The summed E-state index contributed by atoms with van der Waals surface area (Å²) >= 11 is 0. The highest BCUT2D eigenvalue weighted by Gasteiger charge is 2.51. The van der Waals surface area contributed by atoms with Crippen LogP contribution in [0.2, 0.25) is 0 Å². The van der Waals surface area contributed by atoms with E-state index in [2.05, 4.69) is 4.98 Å². The Kier molecular flexibility index (Phi) is 3.52. The Morgan fingerprint density at radius 1 is 1.65 bits per heavy atom. The first kappa shape index (κ1) is 13.6. The fraction of sp³-hybridized carbons (Fsp3) is 0.714. The number of rotatable bonds is 3. The molecule has 0 aliphatic carbocycles. The Balaban J connectivity index is 1.69. The molecule has 6 nitrogen and oxygen atoms in total. The third-order valence-electron chi connectivity index (χ3n) is 4.43. The van der Waals surface area contributed by atoms with Gasteiger partial charge in [0.15, 0.2) is 0 Å². The van der Waals surface area contributed by atoms with Crippen LogP contribution in [0, 0.1) is 6.92 Å². The molecule has 6 heteroatoms. The van der Waals surface area contributed by atoms with Gasteiger partial charge in [-0.3, -0.25) is 4.79 Å². The van der Waals surface area contributed by atoms with E-state index in [0.717, 1.165) is 25.3 Å². The SMILES string of the molecule is CO[C@H]1CN(C(=O)Cn2ccnc2C)C[C@@]12CCCO2. The number of aromatic nitrogens is 2. The van der Waals surface area contributed by atoms with Gasteiger partial charge in [-0.25, -0.2) is 4.98 Å². The zero-order valence-electron chi connectivity index (χ0n) is 12.0. The summed E-state index contributed by atoms with van der Waals surface area (Å²) in [6.07, 6.45) is 5.55. The minimum Gasteiger partial charge on any atom is -0.377 e. The second-order valence-electron chi connectivity index (χ2n) is 5.62. The number of methoxy groups -OCH3 is 1. The van der Waals surface area contributed by atoms with Crippen LogP contribution in [0.5, 0.6) is 0 Å². The Bertz CT molecular complexity index is 494. The third-order valence-corrected chi connectivity index (χ3v) is 4.43. The predicted octanol–water partition coefficient (Wildman–Crippen LogP) is 0.598. The molecular weight excluding hydrogens is 258 g/mol. The highest BCUT2D eigenvalue weighted by molar-refractivity contribution is 5.76. The maximum absolute atomic E-state index is 12.4. The Labute approximate surface area is 118 Å².